The highest BCUT2D eigenvalue weighted by atomic mass is 16.5. The molecule has 0 amide bonds. The van der Waals surface area contributed by atoms with E-state index in [-0.39, 0.29) is 22.9 Å². The average molecular weight is 454 g/mol. The normalized spacial score (nSPS) is 13.9. The molecular weight excluding hydrogens is 432 g/mol. The van der Waals surface area contributed by atoms with Crippen LogP contribution in [0, 0.1) is 11.3 Å². The van der Waals surface area contributed by atoms with Crippen LogP contribution in [0.1, 0.15) is 28.2 Å². The van der Waals surface area contributed by atoms with Gasteiger partial charge in [0.15, 0.2) is 11.5 Å². The van der Waals surface area contributed by atoms with Crippen molar-refractivity contribution in [2.75, 3.05) is 32.8 Å². The van der Waals surface area contributed by atoms with Crippen LogP contribution < -0.4 is 30.4 Å². The number of aromatic nitrogens is 1. The molecule has 4 N–H and O–H groups in total. The lowest BCUT2D eigenvalue weighted by atomic mass is 9.81. The molecule has 8 heteroatoms. The largest absolute Gasteiger partial charge is 0.493 e. The van der Waals surface area contributed by atoms with E-state index in [4.69, 9.17) is 30.4 Å². The van der Waals surface area contributed by atoms with E-state index in [1.54, 1.807) is 21.3 Å². The molecule has 3 aromatic carbocycles. The maximum absolute atomic E-state index is 9.68. The van der Waals surface area contributed by atoms with Crippen molar-refractivity contribution in [2.24, 2.45) is 0 Å². The summed E-state index contributed by atoms with van der Waals surface area (Å²) in [6.07, 6.45) is 0. The van der Waals surface area contributed by atoms with Crippen LogP contribution in [0.2, 0.25) is 0 Å². The quantitative estimate of drug-likeness (QED) is 0.404. The Labute approximate surface area is 196 Å². The predicted molar refractivity (Wildman–Crippen MR) is 129 cm³/mol. The molecule has 0 radical (unpaired) electrons. The predicted octanol–water partition coefficient (Wildman–Crippen LogP) is 4.58. The Morgan fingerprint density at radius 1 is 0.971 bits per heavy atom. The molecule has 1 aliphatic heterocycles. The number of rotatable bonds is 4. The number of nitrogen functional groups attached to an aromatic ring is 2. The monoisotopic (exact) mass is 454 g/mol. The standard InChI is InChI=1S/C26H22N4O4/c1-31-18-10-14(11-19(32-2)24(18)33-3)20-16-9-8-13-6-4-5-7-15(13)23(16)34-26-21(20)22(28)17(12-27)25(29)30-26/h4-11,20H,1-3H3,(H4,28,29,30)/t20-/m0/s1. The van der Waals surface area contributed by atoms with Crippen LogP contribution in [-0.4, -0.2) is 26.3 Å². The SMILES string of the molecule is COc1cc([C@H]2c3ccc4ccccc4c3Oc3nc(N)c(C#N)c(N)c32)cc(OC)c1OC. The summed E-state index contributed by atoms with van der Waals surface area (Å²) in [7, 11) is 4.67. The molecule has 5 rings (SSSR count). The van der Waals surface area contributed by atoms with E-state index in [0.717, 1.165) is 21.9 Å². The van der Waals surface area contributed by atoms with Crippen molar-refractivity contribution in [3.05, 3.63) is 70.8 Å². The zero-order chi connectivity index (χ0) is 24.0. The molecule has 1 aliphatic rings. The van der Waals surface area contributed by atoms with Crippen molar-refractivity contribution in [3.8, 4) is 34.9 Å². The molecule has 0 aliphatic carbocycles. The Morgan fingerprint density at radius 2 is 1.68 bits per heavy atom. The third kappa shape index (κ3) is 3.02. The molecule has 1 aromatic heterocycles. The van der Waals surface area contributed by atoms with Crippen LogP contribution in [0.5, 0.6) is 28.9 Å². The van der Waals surface area contributed by atoms with Gasteiger partial charge < -0.3 is 30.4 Å². The summed E-state index contributed by atoms with van der Waals surface area (Å²) in [6, 6.07) is 17.7. The van der Waals surface area contributed by atoms with Gasteiger partial charge in [0.1, 0.15) is 23.2 Å². The average Bonchev–Trinajstić information content (AvgIpc) is 2.86. The van der Waals surface area contributed by atoms with Crippen molar-refractivity contribution >= 4 is 22.3 Å². The van der Waals surface area contributed by atoms with Crippen LogP contribution in [0.15, 0.2) is 48.5 Å². The minimum Gasteiger partial charge on any atom is -0.493 e. The zero-order valence-electron chi connectivity index (χ0n) is 18.9. The fourth-order valence-electron chi connectivity index (χ4n) is 4.56. The Morgan fingerprint density at radius 3 is 2.32 bits per heavy atom. The number of nitriles is 1. The van der Waals surface area contributed by atoms with Crippen LogP contribution in [-0.2, 0) is 0 Å². The molecule has 2 heterocycles. The lowest BCUT2D eigenvalue weighted by molar-refractivity contribution is 0.323. The maximum Gasteiger partial charge on any atom is 0.227 e. The fraction of sp³-hybridized carbons (Fsp3) is 0.154. The molecule has 8 nitrogen and oxygen atoms in total. The van der Waals surface area contributed by atoms with Gasteiger partial charge in [0.2, 0.25) is 11.6 Å². The third-order valence-electron chi connectivity index (χ3n) is 6.11. The van der Waals surface area contributed by atoms with E-state index in [1.807, 2.05) is 48.5 Å². The molecule has 0 bridgehead atoms. The molecule has 0 unspecified atom stereocenters. The highest BCUT2D eigenvalue weighted by Crippen LogP contribution is 2.53. The van der Waals surface area contributed by atoms with Crippen LogP contribution in [0.25, 0.3) is 10.8 Å². The summed E-state index contributed by atoms with van der Waals surface area (Å²) >= 11 is 0. The van der Waals surface area contributed by atoms with E-state index in [0.29, 0.717) is 28.6 Å². The maximum atomic E-state index is 9.68. The Balaban J connectivity index is 1.88. The summed E-state index contributed by atoms with van der Waals surface area (Å²) in [5, 5.41) is 11.6. The number of pyridine rings is 1. The summed E-state index contributed by atoms with van der Waals surface area (Å²) in [6.45, 7) is 0. The first-order valence-corrected chi connectivity index (χ1v) is 10.5. The molecule has 34 heavy (non-hydrogen) atoms. The van der Waals surface area contributed by atoms with Gasteiger partial charge in [-0.05, 0) is 23.1 Å². The molecular formula is C26H22N4O4. The second-order valence-electron chi connectivity index (χ2n) is 7.82. The van der Waals surface area contributed by atoms with Gasteiger partial charge in [-0.3, -0.25) is 0 Å². The summed E-state index contributed by atoms with van der Waals surface area (Å²) in [5.74, 6) is 1.96. The zero-order valence-corrected chi connectivity index (χ0v) is 18.9. The van der Waals surface area contributed by atoms with Crippen molar-refractivity contribution in [3.63, 3.8) is 0 Å². The number of ether oxygens (including phenoxy) is 4. The van der Waals surface area contributed by atoms with Crippen LogP contribution >= 0.6 is 0 Å². The van der Waals surface area contributed by atoms with Gasteiger partial charge in [-0.25, -0.2) is 0 Å². The lowest BCUT2D eigenvalue weighted by Crippen LogP contribution is -2.17. The number of anilines is 2. The second-order valence-corrected chi connectivity index (χ2v) is 7.82. The van der Waals surface area contributed by atoms with Crippen molar-refractivity contribution in [2.45, 2.75) is 5.92 Å². The van der Waals surface area contributed by atoms with Gasteiger partial charge >= 0.3 is 0 Å². The van der Waals surface area contributed by atoms with Gasteiger partial charge in [0, 0.05) is 16.9 Å². The Bertz CT molecular complexity index is 1470. The first-order chi connectivity index (χ1) is 16.5. The van der Waals surface area contributed by atoms with E-state index >= 15 is 0 Å². The Hall–Kier alpha value is -4.64. The molecule has 4 aromatic rings. The number of benzene rings is 3. The minimum atomic E-state index is -0.433. The van der Waals surface area contributed by atoms with E-state index in [2.05, 4.69) is 11.1 Å². The molecule has 0 fully saturated rings. The minimum absolute atomic E-state index is 0.0195. The fourth-order valence-corrected chi connectivity index (χ4v) is 4.56. The van der Waals surface area contributed by atoms with Gasteiger partial charge in [0.25, 0.3) is 0 Å². The van der Waals surface area contributed by atoms with Crippen molar-refractivity contribution in [1.29, 1.82) is 5.26 Å². The molecule has 0 spiro atoms. The van der Waals surface area contributed by atoms with E-state index in [1.165, 1.54) is 0 Å². The van der Waals surface area contributed by atoms with Crippen LogP contribution in [0.3, 0.4) is 0 Å². The highest BCUT2D eigenvalue weighted by Gasteiger charge is 2.35. The van der Waals surface area contributed by atoms with E-state index in [9.17, 15) is 5.26 Å². The Kier molecular flexibility index (Phi) is 5.02. The lowest BCUT2D eigenvalue weighted by Gasteiger charge is -2.31. The van der Waals surface area contributed by atoms with Crippen LogP contribution in [0.4, 0.5) is 11.5 Å². The molecule has 0 saturated carbocycles. The first kappa shape index (κ1) is 21.2. The number of nitrogens with two attached hydrogens (primary N) is 2. The third-order valence-corrected chi connectivity index (χ3v) is 6.11. The van der Waals surface area contributed by atoms with Crippen molar-refractivity contribution in [1.82, 2.24) is 4.98 Å². The molecule has 1 atom stereocenters. The van der Waals surface area contributed by atoms with Gasteiger partial charge in [-0.2, -0.15) is 10.2 Å². The summed E-state index contributed by atoms with van der Waals surface area (Å²) < 4.78 is 23.0. The topological polar surface area (TPSA) is 126 Å². The molecule has 0 saturated heterocycles. The number of hydrogen-bond donors (Lipinski definition) is 2. The first-order valence-electron chi connectivity index (χ1n) is 10.5. The van der Waals surface area contributed by atoms with Gasteiger partial charge in [-0.1, -0.05) is 36.4 Å². The summed E-state index contributed by atoms with van der Waals surface area (Å²) in [5.41, 5.74) is 15.1. The van der Waals surface area contributed by atoms with Gasteiger partial charge in [-0.15, -0.1) is 0 Å². The highest BCUT2D eigenvalue weighted by molar-refractivity contribution is 5.92. The second kappa shape index (κ2) is 8.05. The number of fused-ring (bicyclic) bond motifs is 4. The number of methoxy groups -OCH3 is 3. The molecule has 170 valence electrons. The van der Waals surface area contributed by atoms with Crippen molar-refractivity contribution < 1.29 is 18.9 Å². The smallest absolute Gasteiger partial charge is 0.227 e. The number of nitrogens with zero attached hydrogens (tertiary/aromatic N) is 2. The number of hydrogen-bond acceptors (Lipinski definition) is 8. The van der Waals surface area contributed by atoms with Gasteiger partial charge in [0.05, 0.1) is 32.6 Å². The summed E-state index contributed by atoms with van der Waals surface area (Å²) in [4.78, 5) is 4.41. The van der Waals surface area contributed by atoms with E-state index < -0.39 is 5.92 Å².